The Morgan fingerprint density at radius 1 is 1.20 bits per heavy atom. The molecule has 3 N–H and O–H groups in total. The molecule has 0 aromatic heterocycles. The highest BCUT2D eigenvalue weighted by molar-refractivity contribution is 5.86. The predicted molar refractivity (Wildman–Crippen MR) is 77.8 cm³/mol. The van der Waals surface area contributed by atoms with Gasteiger partial charge in [-0.2, -0.15) is 0 Å². The molecule has 0 heterocycles. The standard InChI is InChI=1S/C14H27N3O3/c1-3-17(4-2)11-7-10-15-13(20)16-14(12(18)19)8-5-6-9-14/h3-11H2,1-2H3,(H,18,19)(H2,15,16,20). The van der Waals surface area contributed by atoms with E-state index in [1.165, 1.54) is 0 Å². The second-order valence-electron chi connectivity index (χ2n) is 5.36. The molecule has 0 saturated heterocycles. The summed E-state index contributed by atoms with van der Waals surface area (Å²) in [7, 11) is 0. The van der Waals surface area contributed by atoms with E-state index in [2.05, 4.69) is 29.4 Å². The molecule has 0 radical (unpaired) electrons. The minimum absolute atomic E-state index is 0.367. The Morgan fingerprint density at radius 2 is 1.80 bits per heavy atom. The van der Waals surface area contributed by atoms with Gasteiger partial charge in [-0.3, -0.25) is 0 Å². The maximum Gasteiger partial charge on any atom is 0.329 e. The molecule has 20 heavy (non-hydrogen) atoms. The van der Waals surface area contributed by atoms with Crippen LogP contribution in [0.15, 0.2) is 0 Å². The second-order valence-corrected chi connectivity index (χ2v) is 5.36. The van der Waals surface area contributed by atoms with Crippen LogP contribution in [0, 0.1) is 0 Å². The lowest BCUT2D eigenvalue weighted by Gasteiger charge is -2.25. The lowest BCUT2D eigenvalue weighted by Crippen LogP contribution is -2.55. The number of nitrogens with one attached hydrogen (secondary N) is 2. The van der Waals surface area contributed by atoms with E-state index in [0.29, 0.717) is 19.4 Å². The number of carbonyl (C=O) groups is 2. The number of carbonyl (C=O) groups excluding carboxylic acids is 1. The van der Waals surface area contributed by atoms with Crippen LogP contribution in [0.1, 0.15) is 46.0 Å². The fourth-order valence-corrected chi connectivity index (χ4v) is 2.68. The third kappa shape index (κ3) is 4.67. The molecular weight excluding hydrogens is 258 g/mol. The lowest BCUT2D eigenvalue weighted by atomic mass is 9.98. The highest BCUT2D eigenvalue weighted by Crippen LogP contribution is 2.29. The molecule has 0 atom stereocenters. The molecule has 1 rings (SSSR count). The highest BCUT2D eigenvalue weighted by atomic mass is 16.4. The van der Waals surface area contributed by atoms with Crippen LogP contribution in [-0.4, -0.2) is 53.7 Å². The average molecular weight is 285 g/mol. The molecule has 0 bridgehead atoms. The van der Waals surface area contributed by atoms with Crippen LogP contribution in [0.4, 0.5) is 4.79 Å². The van der Waals surface area contributed by atoms with Crippen LogP contribution >= 0.6 is 0 Å². The number of rotatable bonds is 8. The highest BCUT2D eigenvalue weighted by Gasteiger charge is 2.42. The quantitative estimate of drug-likeness (QED) is 0.589. The average Bonchev–Trinajstić information content (AvgIpc) is 2.89. The molecule has 0 aromatic carbocycles. The predicted octanol–water partition coefficient (Wildman–Crippen LogP) is 1.41. The minimum Gasteiger partial charge on any atom is -0.480 e. The molecule has 0 unspecified atom stereocenters. The van der Waals surface area contributed by atoms with Gasteiger partial charge in [0, 0.05) is 6.54 Å². The van der Waals surface area contributed by atoms with E-state index in [1.54, 1.807) is 0 Å². The number of carboxylic acid groups (broad SMARTS) is 1. The van der Waals surface area contributed by atoms with Gasteiger partial charge in [-0.1, -0.05) is 26.7 Å². The van der Waals surface area contributed by atoms with Gasteiger partial charge in [-0.05, 0) is 38.9 Å². The van der Waals surface area contributed by atoms with E-state index < -0.39 is 11.5 Å². The zero-order valence-corrected chi connectivity index (χ0v) is 12.6. The number of hydrogen-bond donors (Lipinski definition) is 3. The Balaban J connectivity index is 2.27. The number of urea groups is 1. The van der Waals surface area contributed by atoms with Gasteiger partial charge in [0.15, 0.2) is 0 Å². The van der Waals surface area contributed by atoms with Crippen molar-refractivity contribution >= 4 is 12.0 Å². The summed E-state index contributed by atoms with van der Waals surface area (Å²) in [6, 6.07) is -0.367. The van der Waals surface area contributed by atoms with Gasteiger partial charge < -0.3 is 20.6 Å². The first kappa shape index (κ1) is 16.8. The van der Waals surface area contributed by atoms with Crippen molar-refractivity contribution in [3.05, 3.63) is 0 Å². The number of amides is 2. The van der Waals surface area contributed by atoms with Crippen molar-refractivity contribution in [3.63, 3.8) is 0 Å². The summed E-state index contributed by atoms with van der Waals surface area (Å²) >= 11 is 0. The molecule has 6 nitrogen and oxygen atoms in total. The molecular formula is C14H27N3O3. The maximum atomic E-state index is 11.8. The Bertz CT molecular complexity index is 324. The summed E-state index contributed by atoms with van der Waals surface area (Å²) in [5.74, 6) is -0.923. The van der Waals surface area contributed by atoms with Crippen LogP contribution in [0.3, 0.4) is 0 Å². The van der Waals surface area contributed by atoms with E-state index in [1.807, 2.05) is 0 Å². The number of hydrogen-bond acceptors (Lipinski definition) is 3. The van der Waals surface area contributed by atoms with Crippen molar-refractivity contribution in [2.45, 2.75) is 51.5 Å². The summed E-state index contributed by atoms with van der Waals surface area (Å²) in [5.41, 5.74) is -1.05. The number of nitrogens with zero attached hydrogens (tertiary/aromatic N) is 1. The van der Waals surface area contributed by atoms with Crippen molar-refractivity contribution in [1.82, 2.24) is 15.5 Å². The van der Waals surface area contributed by atoms with Gasteiger partial charge >= 0.3 is 12.0 Å². The zero-order chi connectivity index (χ0) is 15.0. The van der Waals surface area contributed by atoms with Gasteiger partial charge in [0.25, 0.3) is 0 Å². The van der Waals surface area contributed by atoms with Gasteiger partial charge in [0.05, 0.1) is 0 Å². The Morgan fingerprint density at radius 3 is 2.30 bits per heavy atom. The Kier molecular flexibility index (Phi) is 6.78. The van der Waals surface area contributed by atoms with Crippen LogP contribution in [0.5, 0.6) is 0 Å². The summed E-state index contributed by atoms with van der Waals surface area (Å²) in [6.07, 6.45) is 3.63. The number of carboxylic acids is 1. The van der Waals surface area contributed by atoms with Gasteiger partial charge in [-0.25, -0.2) is 9.59 Å². The second kappa shape index (κ2) is 8.09. The first-order chi connectivity index (χ1) is 9.54. The third-order valence-corrected chi connectivity index (χ3v) is 4.05. The summed E-state index contributed by atoms with van der Waals surface area (Å²) in [6.45, 7) is 7.74. The maximum absolute atomic E-state index is 11.8. The SMILES string of the molecule is CCN(CC)CCCNC(=O)NC1(C(=O)O)CCCC1. The fraction of sp³-hybridized carbons (Fsp3) is 0.857. The first-order valence-electron chi connectivity index (χ1n) is 7.56. The van der Waals surface area contributed by atoms with E-state index in [-0.39, 0.29) is 6.03 Å². The minimum atomic E-state index is -1.05. The zero-order valence-electron chi connectivity index (χ0n) is 12.6. The lowest BCUT2D eigenvalue weighted by molar-refractivity contribution is -0.144. The smallest absolute Gasteiger partial charge is 0.329 e. The summed E-state index contributed by atoms with van der Waals surface area (Å²) in [5, 5.41) is 14.7. The summed E-state index contributed by atoms with van der Waals surface area (Å²) in [4.78, 5) is 25.4. The first-order valence-corrected chi connectivity index (χ1v) is 7.56. The van der Waals surface area contributed by atoms with Crippen LogP contribution in [-0.2, 0) is 4.79 Å². The van der Waals surface area contributed by atoms with E-state index >= 15 is 0 Å². The molecule has 0 spiro atoms. The van der Waals surface area contributed by atoms with Gasteiger partial charge in [0.1, 0.15) is 5.54 Å². The largest absolute Gasteiger partial charge is 0.480 e. The number of aliphatic carboxylic acids is 1. The van der Waals surface area contributed by atoms with Gasteiger partial charge in [0.2, 0.25) is 0 Å². The molecule has 6 heteroatoms. The molecule has 1 aliphatic rings. The topological polar surface area (TPSA) is 81.7 Å². The van der Waals surface area contributed by atoms with Crippen molar-refractivity contribution < 1.29 is 14.7 Å². The van der Waals surface area contributed by atoms with E-state index in [9.17, 15) is 14.7 Å². The monoisotopic (exact) mass is 285 g/mol. The normalized spacial score (nSPS) is 17.1. The molecule has 116 valence electrons. The van der Waals surface area contributed by atoms with Crippen molar-refractivity contribution in [1.29, 1.82) is 0 Å². The molecule has 1 fully saturated rings. The van der Waals surface area contributed by atoms with Crippen LogP contribution in [0.2, 0.25) is 0 Å². The fourth-order valence-electron chi connectivity index (χ4n) is 2.68. The molecule has 0 aromatic rings. The molecule has 0 aliphatic heterocycles. The molecule has 1 aliphatic carbocycles. The van der Waals surface area contributed by atoms with E-state index in [4.69, 9.17) is 0 Å². The van der Waals surface area contributed by atoms with Gasteiger partial charge in [-0.15, -0.1) is 0 Å². The molecule has 1 saturated carbocycles. The van der Waals surface area contributed by atoms with Crippen LogP contribution in [0.25, 0.3) is 0 Å². The third-order valence-electron chi connectivity index (χ3n) is 4.05. The summed E-state index contributed by atoms with van der Waals surface area (Å²) < 4.78 is 0. The van der Waals surface area contributed by atoms with Crippen LogP contribution < -0.4 is 10.6 Å². The Labute approximate surface area is 120 Å². The molecule has 2 amide bonds. The van der Waals surface area contributed by atoms with Crippen molar-refractivity contribution in [3.8, 4) is 0 Å². The van der Waals surface area contributed by atoms with E-state index in [0.717, 1.165) is 38.9 Å². The Hall–Kier alpha value is -1.30. The van der Waals surface area contributed by atoms with Crippen molar-refractivity contribution in [2.24, 2.45) is 0 Å². The van der Waals surface area contributed by atoms with Crippen molar-refractivity contribution in [2.75, 3.05) is 26.2 Å².